The van der Waals surface area contributed by atoms with Gasteiger partial charge in [0.15, 0.2) is 5.76 Å². The maximum Gasteiger partial charge on any atom is 0.156 e. The SMILES string of the molecule is CC(C)(N)c1cc(CO)no1. The molecule has 0 unspecified atom stereocenters. The van der Waals surface area contributed by atoms with Gasteiger partial charge in [-0.25, -0.2) is 0 Å². The van der Waals surface area contributed by atoms with Gasteiger partial charge in [0.25, 0.3) is 0 Å². The average Bonchev–Trinajstić information content (AvgIpc) is 2.32. The van der Waals surface area contributed by atoms with Gasteiger partial charge in [-0.1, -0.05) is 5.16 Å². The second-order valence-electron chi connectivity index (χ2n) is 3.06. The molecule has 0 saturated carbocycles. The smallest absolute Gasteiger partial charge is 0.156 e. The molecular weight excluding hydrogens is 144 g/mol. The first-order valence-electron chi connectivity index (χ1n) is 3.40. The maximum atomic E-state index is 8.65. The van der Waals surface area contributed by atoms with Crippen molar-refractivity contribution in [1.82, 2.24) is 5.16 Å². The van der Waals surface area contributed by atoms with Gasteiger partial charge in [0.1, 0.15) is 5.69 Å². The Morgan fingerprint density at radius 2 is 2.36 bits per heavy atom. The van der Waals surface area contributed by atoms with Crippen molar-refractivity contribution < 1.29 is 9.63 Å². The summed E-state index contributed by atoms with van der Waals surface area (Å²) in [5.41, 5.74) is 5.69. The molecule has 1 heterocycles. The summed E-state index contributed by atoms with van der Waals surface area (Å²) in [5.74, 6) is 0.585. The van der Waals surface area contributed by atoms with Crippen LogP contribution in [-0.2, 0) is 12.1 Å². The Bertz CT molecular complexity index is 237. The average molecular weight is 156 g/mol. The second-order valence-corrected chi connectivity index (χ2v) is 3.06. The van der Waals surface area contributed by atoms with E-state index >= 15 is 0 Å². The number of rotatable bonds is 2. The second kappa shape index (κ2) is 2.64. The lowest BCUT2D eigenvalue weighted by Crippen LogP contribution is -2.27. The fraction of sp³-hybridized carbons (Fsp3) is 0.571. The summed E-state index contributed by atoms with van der Waals surface area (Å²) >= 11 is 0. The molecule has 0 atom stereocenters. The topological polar surface area (TPSA) is 72.3 Å². The number of hydrogen-bond donors (Lipinski definition) is 2. The van der Waals surface area contributed by atoms with Crippen molar-refractivity contribution in [3.05, 3.63) is 17.5 Å². The Kier molecular flexibility index (Phi) is 1.97. The van der Waals surface area contributed by atoms with E-state index in [9.17, 15) is 0 Å². The van der Waals surface area contributed by atoms with E-state index < -0.39 is 5.54 Å². The van der Waals surface area contributed by atoms with Crippen LogP contribution in [0.1, 0.15) is 25.3 Å². The van der Waals surface area contributed by atoms with Crippen LogP contribution in [0.25, 0.3) is 0 Å². The van der Waals surface area contributed by atoms with Gasteiger partial charge in [0, 0.05) is 6.07 Å². The van der Waals surface area contributed by atoms with Gasteiger partial charge in [-0.05, 0) is 13.8 Å². The first kappa shape index (κ1) is 8.23. The number of aliphatic hydroxyl groups excluding tert-OH is 1. The van der Waals surface area contributed by atoms with Crippen LogP contribution >= 0.6 is 0 Å². The predicted octanol–water partition coefficient (Wildman–Crippen LogP) is 0.361. The van der Waals surface area contributed by atoms with Crippen molar-refractivity contribution in [1.29, 1.82) is 0 Å². The summed E-state index contributed by atoms with van der Waals surface area (Å²) in [6.07, 6.45) is 0. The van der Waals surface area contributed by atoms with Gasteiger partial charge >= 0.3 is 0 Å². The molecule has 0 aliphatic rings. The number of nitrogens with two attached hydrogens (primary N) is 1. The Morgan fingerprint density at radius 3 is 2.64 bits per heavy atom. The third-order valence-electron chi connectivity index (χ3n) is 1.36. The normalized spacial score (nSPS) is 12.0. The van der Waals surface area contributed by atoms with Crippen molar-refractivity contribution in [2.24, 2.45) is 5.73 Å². The summed E-state index contributed by atoms with van der Waals surface area (Å²) in [6, 6.07) is 1.65. The van der Waals surface area contributed by atoms with Gasteiger partial charge in [-0.3, -0.25) is 0 Å². The molecule has 11 heavy (non-hydrogen) atoms. The highest BCUT2D eigenvalue weighted by Crippen LogP contribution is 2.17. The van der Waals surface area contributed by atoms with Crippen molar-refractivity contribution in [3.8, 4) is 0 Å². The minimum absolute atomic E-state index is 0.112. The fourth-order valence-corrected chi connectivity index (χ4v) is 0.690. The quantitative estimate of drug-likeness (QED) is 0.648. The Balaban J connectivity index is 2.89. The van der Waals surface area contributed by atoms with Crippen LogP contribution in [0.2, 0.25) is 0 Å². The van der Waals surface area contributed by atoms with Crippen LogP contribution in [0, 0.1) is 0 Å². The maximum absolute atomic E-state index is 8.65. The van der Waals surface area contributed by atoms with E-state index in [1.807, 2.05) is 13.8 Å². The molecule has 0 spiro atoms. The highest BCUT2D eigenvalue weighted by molar-refractivity contribution is 5.11. The molecule has 1 aromatic heterocycles. The molecule has 0 aliphatic heterocycles. The Hall–Kier alpha value is -0.870. The van der Waals surface area contributed by atoms with Crippen LogP contribution < -0.4 is 5.73 Å². The summed E-state index contributed by atoms with van der Waals surface area (Å²) in [7, 11) is 0. The zero-order valence-electron chi connectivity index (χ0n) is 6.66. The molecule has 0 amide bonds. The summed E-state index contributed by atoms with van der Waals surface area (Å²) < 4.78 is 4.88. The van der Waals surface area contributed by atoms with Crippen molar-refractivity contribution in [2.75, 3.05) is 0 Å². The number of hydrogen-bond acceptors (Lipinski definition) is 4. The molecule has 0 bridgehead atoms. The van der Waals surface area contributed by atoms with E-state index in [4.69, 9.17) is 15.4 Å². The lowest BCUT2D eigenvalue weighted by atomic mass is 10.0. The standard InChI is InChI=1S/C7H12N2O2/c1-7(2,8)6-3-5(4-10)9-11-6/h3,10H,4,8H2,1-2H3. The molecule has 3 N–H and O–H groups in total. The first-order valence-corrected chi connectivity index (χ1v) is 3.40. The van der Waals surface area contributed by atoms with Crippen molar-refractivity contribution in [2.45, 2.75) is 26.0 Å². The monoisotopic (exact) mass is 156 g/mol. The molecule has 4 heteroatoms. The minimum Gasteiger partial charge on any atom is -0.390 e. The van der Waals surface area contributed by atoms with E-state index in [0.717, 1.165) is 0 Å². The van der Waals surface area contributed by atoms with E-state index in [0.29, 0.717) is 11.5 Å². The zero-order chi connectivity index (χ0) is 8.48. The fourth-order valence-electron chi connectivity index (χ4n) is 0.690. The Morgan fingerprint density at radius 1 is 1.73 bits per heavy atom. The molecule has 4 nitrogen and oxygen atoms in total. The molecule has 1 rings (SSSR count). The van der Waals surface area contributed by atoms with Crippen LogP contribution in [-0.4, -0.2) is 10.3 Å². The third kappa shape index (κ3) is 1.78. The summed E-state index contributed by atoms with van der Waals surface area (Å²) in [6.45, 7) is 3.52. The molecular formula is C7H12N2O2. The molecule has 0 aromatic carbocycles. The molecule has 1 aromatic rings. The highest BCUT2D eigenvalue weighted by atomic mass is 16.5. The molecule has 0 aliphatic carbocycles. The van der Waals surface area contributed by atoms with Crippen LogP contribution in [0.15, 0.2) is 10.6 Å². The number of nitrogens with zero attached hydrogens (tertiary/aromatic N) is 1. The van der Waals surface area contributed by atoms with E-state index in [2.05, 4.69) is 5.16 Å². The van der Waals surface area contributed by atoms with Gasteiger partial charge in [0.05, 0.1) is 12.1 Å². The summed E-state index contributed by atoms with van der Waals surface area (Å²) in [4.78, 5) is 0. The molecule has 0 saturated heterocycles. The number of aliphatic hydroxyl groups is 1. The molecule has 0 fully saturated rings. The van der Waals surface area contributed by atoms with E-state index in [-0.39, 0.29) is 6.61 Å². The van der Waals surface area contributed by atoms with E-state index in [1.54, 1.807) is 6.07 Å². The first-order chi connectivity index (χ1) is 5.04. The van der Waals surface area contributed by atoms with Crippen LogP contribution in [0.4, 0.5) is 0 Å². The van der Waals surface area contributed by atoms with Crippen molar-refractivity contribution in [3.63, 3.8) is 0 Å². The minimum atomic E-state index is -0.527. The predicted molar refractivity (Wildman–Crippen MR) is 39.6 cm³/mol. The lowest BCUT2D eigenvalue weighted by Gasteiger charge is -2.12. The van der Waals surface area contributed by atoms with Gasteiger partial charge in [-0.15, -0.1) is 0 Å². The highest BCUT2D eigenvalue weighted by Gasteiger charge is 2.19. The van der Waals surface area contributed by atoms with Gasteiger partial charge < -0.3 is 15.4 Å². The largest absolute Gasteiger partial charge is 0.390 e. The summed E-state index contributed by atoms with van der Waals surface area (Å²) in [5, 5.41) is 12.2. The van der Waals surface area contributed by atoms with E-state index in [1.165, 1.54) is 0 Å². The van der Waals surface area contributed by atoms with Crippen LogP contribution in [0.3, 0.4) is 0 Å². The number of aromatic nitrogens is 1. The molecule has 62 valence electrons. The lowest BCUT2D eigenvalue weighted by molar-refractivity contribution is 0.260. The van der Waals surface area contributed by atoms with Crippen LogP contribution in [0.5, 0.6) is 0 Å². The molecule has 0 radical (unpaired) electrons. The van der Waals surface area contributed by atoms with Gasteiger partial charge in [-0.2, -0.15) is 0 Å². The van der Waals surface area contributed by atoms with Gasteiger partial charge in [0.2, 0.25) is 0 Å². The zero-order valence-corrected chi connectivity index (χ0v) is 6.66. The Labute approximate surface area is 65.0 Å². The van der Waals surface area contributed by atoms with Crippen molar-refractivity contribution >= 4 is 0 Å². The third-order valence-corrected chi connectivity index (χ3v) is 1.36.